The van der Waals surface area contributed by atoms with Crippen molar-refractivity contribution in [3.63, 3.8) is 0 Å². The van der Waals surface area contributed by atoms with Gasteiger partial charge in [0.15, 0.2) is 0 Å². The van der Waals surface area contributed by atoms with E-state index >= 15 is 0 Å². The number of benzene rings is 3. The zero-order valence-electron chi connectivity index (χ0n) is 27.7. The predicted molar refractivity (Wildman–Crippen MR) is 194 cm³/mol. The number of aliphatic hydroxyl groups is 1. The van der Waals surface area contributed by atoms with Gasteiger partial charge in [-0.25, -0.2) is 8.42 Å². The quantitative estimate of drug-likeness (QED) is 0.224. The Labute approximate surface area is 298 Å². The molecule has 0 aliphatic carbocycles. The van der Waals surface area contributed by atoms with Gasteiger partial charge >= 0.3 is 0 Å². The van der Waals surface area contributed by atoms with Crippen molar-refractivity contribution in [2.45, 2.75) is 51.7 Å². The maximum absolute atomic E-state index is 12.5. The molecule has 0 spiro atoms. The van der Waals surface area contributed by atoms with Crippen LogP contribution in [0.25, 0.3) is 11.3 Å². The number of hydrogen-bond donors (Lipinski definition) is 2. The minimum absolute atomic E-state index is 0.213. The number of fused-ring (bicyclic) bond motifs is 1. The van der Waals surface area contributed by atoms with Crippen molar-refractivity contribution in [2.75, 3.05) is 39.1 Å². The van der Waals surface area contributed by atoms with E-state index in [0.29, 0.717) is 55.5 Å². The van der Waals surface area contributed by atoms with E-state index in [1.165, 1.54) is 16.1 Å². The topological polar surface area (TPSA) is 99.9 Å². The molecule has 258 valence electrons. The van der Waals surface area contributed by atoms with Gasteiger partial charge in [-0.2, -0.15) is 9.40 Å². The third-order valence-electron chi connectivity index (χ3n) is 9.01. The van der Waals surface area contributed by atoms with E-state index in [1.807, 2.05) is 53.2 Å². The minimum Gasteiger partial charge on any atom is -0.390 e. The lowest BCUT2D eigenvalue weighted by Crippen LogP contribution is -2.47. The second-order valence-electron chi connectivity index (χ2n) is 12.7. The molecule has 0 saturated carbocycles. The molecule has 0 amide bonds. The van der Waals surface area contributed by atoms with Crippen molar-refractivity contribution in [2.24, 2.45) is 0 Å². The molecule has 4 aromatic rings. The van der Waals surface area contributed by atoms with Gasteiger partial charge in [0.05, 0.1) is 42.8 Å². The van der Waals surface area contributed by atoms with Crippen LogP contribution in [0.5, 0.6) is 0 Å². The van der Waals surface area contributed by atoms with Gasteiger partial charge in [0, 0.05) is 84.7 Å². The fraction of sp³-hybridized carbons (Fsp3) is 0.378. The molecule has 3 aromatic carbocycles. The van der Waals surface area contributed by atoms with Gasteiger partial charge in [0.2, 0.25) is 10.0 Å². The van der Waals surface area contributed by atoms with E-state index in [2.05, 4.69) is 41.1 Å². The number of rotatable bonds is 10. The smallest absolute Gasteiger partial charge is 0.211 e. The summed E-state index contributed by atoms with van der Waals surface area (Å²) in [6.07, 6.45) is 1.08. The number of β-amino-alcohol motifs (C(OH)–C–C–N with tert-alkyl or cyclic N) is 1. The number of aromatic nitrogens is 2. The molecule has 1 fully saturated rings. The fourth-order valence-electron chi connectivity index (χ4n) is 6.26. The molecule has 2 atom stereocenters. The van der Waals surface area contributed by atoms with Gasteiger partial charge in [-0.1, -0.05) is 65.4 Å². The van der Waals surface area contributed by atoms with Gasteiger partial charge in [-0.15, -0.1) is 0 Å². The Bertz CT molecular complexity index is 1940. The Morgan fingerprint density at radius 2 is 1.71 bits per heavy atom. The van der Waals surface area contributed by atoms with Crippen LogP contribution in [-0.2, 0) is 47.4 Å². The van der Waals surface area contributed by atoms with Crippen LogP contribution in [0.15, 0.2) is 66.7 Å². The molecule has 3 heterocycles. The predicted octanol–water partition coefficient (Wildman–Crippen LogP) is 4.95. The van der Waals surface area contributed by atoms with E-state index < -0.39 is 16.1 Å². The maximum Gasteiger partial charge on any atom is 0.211 e. The normalized spacial score (nSPS) is 17.7. The van der Waals surface area contributed by atoms with Crippen LogP contribution >= 0.6 is 23.2 Å². The third-order valence-corrected chi connectivity index (χ3v) is 10.8. The average Bonchev–Trinajstić information content (AvgIpc) is 3.44. The lowest BCUT2D eigenvalue weighted by molar-refractivity contribution is -0.0227. The highest BCUT2D eigenvalue weighted by Gasteiger charge is 2.31. The van der Waals surface area contributed by atoms with Crippen molar-refractivity contribution in [3.8, 4) is 23.1 Å². The Morgan fingerprint density at radius 1 is 1.00 bits per heavy atom. The highest BCUT2D eigenvalue weighted by molar-refractivity contribution is 7.88. The van der Waals surface area contributed by atoms with Crippen LogP contribution in [0.2, 0.25) is 10.0 Å². The fourth-order valence-corrected chi connectivity index (χ4v) is 7.34. The zero-order valence-corrected chi connectivity index (χ0v) is 30.0. The first-order valence-corrected chi connectivity index (χ1v) is 19.0. The molecule has 0 radical (unpaired) electrons. The molecule has 12 heteroatoms. The largest absolute Gasteiger partial charge is 0.390 e. The van der Waals surface area contributed by atoms with E-state index in [-0.39, 0.29) is 12.6 Å². The number of ether oxygens (including phenoxy) is 1. The summed E-state index contributed by atoms with van der Waals surface area (Å²) in [6.45, 7) is 7.01. The maximum atomic E-state index is 12.5. The van der Waals surface area contributed by atoms with E-state index in [4.69, 9.17) is 33.0 Å². The number of sulfonamides is 1. The van der Waals surface area contributed by atoms with E-state index in [0.717, 1.165) is 52.6 Å². The van der Waals surface area contributed by atoms with Crippen molar-refractivity contribution in [3.05, 3.63) is 110 Å². The molecule has 1 aromatic heterocycles. The van der Waals surface area contributed by atoms with Gasteiger partial charge in [-0.05, 0) is 54.4 Å². The van der Waals surface area contributed by atoms with Crippen molar-refractivity contribution < 1.29 is 18.3 Å². The van der Waals surface area contributed by atoms with Gasteiger partial charge in [0.25, 0.3) is 0 Å². The molecule has 0 unspecified atom stereocenters. The number of nitrogens with one attached hydrogen (secondary N) is 1. The van der Waals surface area contributed by atoms with Crippen LogP contribution < -0.4 is 5.32 Å². The standard InChI is InChI=1S/C37H41Cl2N5O4S/c1-26-25-48-18-17-42(26)22-33(45)23-44-36-15-16-43(49(2,46)47)24-34(36)37(41-44)31-11-14-35(39)30(19-31)10-7-27-3-5-28(6-4-27)20-40-21-29-8-12-32(38)13-9-29/h3-6,8-9,11-14,19,26,33,40,45H,15-18,20-25H2,1-2H3/t26-,33-/m0/s1. The summed E-state index contributed by atoms with van der Waals surface area (Å²) in [4.78, 5) is 2.23. The highest BCUT2D eigenvalue weighted by Crippen LogP contribution is 2.33. The summed E-state index contributed by atoms with van der Waals surface area (Å²) < 4.78 is 34.0. The van der Waals surface area contributed by atoms with Crippen molar-refractivity contribution >= 4 is 33.2 Å². The van der Waals surface area contributed by atoms with E-state index in [9.17, 15) is 13.5 Å². The number of hydrogen-bond acceptors (Lipinski definition) is 7. The second kappa shape index (κ2) is 15.8. The van der Waals surface area contributed by atoms with Crippen LogP contribution in [0.1, 0.15) is 40.4 Å². The molecule has 6 rings (SSSR count). The van der Waals surface area contributed by atoms with Gasteiger partial charge in [0.1, 0.15) is 0 Å². The Balaban J connectivity index is 1.20. The summed E-state index contributed by atoms with van der Waals surface area (Å²) >= 11 is 12.6. The number of halogens is 2. The molecular weight excluding hydrogens is 681 g/mol. The van der Waals surface area contributed by atoms with Crippen LogP contribution in [-0.4, -0.2) is 83.8 Å². The van der Waals surface area contributed by atoms with E-state index in [1.54, 1.807) is 6.07 Å². The Hall–Kier alpha value is -3.24. The monoisotopic (exact) mass is 721 g/mol. The lowest BCUT2D eigenvalue weighted by atomic mass is 10.0. The first kappa shape index (κ1) is 35.6. The van der Waals surface area contributed by atoms with Gasteiger partial charge < -0.3 is 15.2 Å². The summed E-state index contributed by atoms with van der Waals surface area (Å²) in [5.74, 6) is 6.46. The first-order chi connectivity index (χ1) is 23.5. The lowest BCUT2D eigenvalue weighted by Gasteiger charge is -2.34. The molecule has 49 heavy (non-hydrogen) atoms. The molecule has 2 aliphatic rings. The number of nitrogens with zero attached hydrogens (tertiary/aromatic N) is 4. The van der Waals surface area contributed by atoms with Gasteiger partial charge in [-0.3, -0.25) is 9.58 Å². The zero-order chi connectivity index (χ0) is 34.5. The Kier molecular flexibility index (Phi) is 11.4. The van der Waals surface area contributed by atoms with Crippen LogP contribution in [0.3, 0.4) is 0 Å². The van der Waals surface area contributed by atoms with Crippen LogP contribution in [0.4, 0.5) is 0 Å². The molecule has 1 saturated heterocycles. The summed E-state index contributed by atoms with van der Waals surface area (Å²) in [7, 11) is -3.41. The van der Waals surface area contributed by atoms with Crippen LogP contribution in [0, 0.1) is 11.8 Å². The number of morpholine rings is 1. The molecule has 9 nitrogen and oxygen atoms in total. The summed E-state index contributed by atoms with van der Waals surface area (Å²) in [5, 5.41) is 20.8. The number of aliphatic hydroxyl groups excluding tert-OH is 1. The summed E-state index contributed by atoms with van der Waals surface area (Å²) in [5.41, 5.74) is 7.06. The SMILES string of the molecule is C[C@H]1COCCN1C[C@H](O)Cn1nc(-c2ccc(Cl)c(C#Cc3ccc(CNCc4ccc(Cl)cc4)cc3)c2)c2c1CCN(S(C)(=O)=O)C2. The average molecular weight is 723 g/mol. The minimum atomic E-state index is -3.41. The summed E-state index contributed by atoms with van der Waals surface area (Å²) in [6, 6.07) is 21.7. The highest BCUT2D eigenvalue weighted by atomic mass is 35.5. The second-order valence-corrected chi connectivity index (χ2v) is 15.6. The first-order valence-electron chi connectivity index (χ1n) is 16.4. The molecule has 2 N–H and O–H groups in total. The van der Waals surface area contributed by atoms with Crippen molar-refractivity contribution in [1.82, 2.24) is 24.3 Å². The molecule has 2 aliphatic heterocycles. The molecule has 0 bridgehead atoms. The third kappa shape index (κ3) is 9.11. The van der Waals surface area contributed by atoms with Crippen molar-refractivity contribution in [1.29, 1.82) is 0 Å². The Morgan fingerprint density at radius 3 is 2.41 bits per heavy atom. The molecular formula is C37H41Cl2N5O4S.